The number of aromatic nitrogens is 4. The van der Waals surface area contributed by atoms with E-state index in [0.717, 1.165) is 178 Å². The van der Waals surface area contributed by atoms with Gasteiger partial charge in [-0.3, -0.25) is 0 Å². The Morgan fingerprint density at radius 2 is 0.333 bits per heavy atom. The van der Waals surface area contributed by atoms with Crippen molar-refractivity contribution in [2.24, 2.45) is 0 Å². The predicted octanol–water partition coefficient (Wildman–Crippen LogP) is 25.3. The molecule has 0 unspecified atom stereocenters. The summed E-state index contributed by atoms with van der Waals surface area (Å²) >= 11 is 0. The zero-order valence-corrected chi connectivity index (χ0v) is 72.1. The maximum Gasteiger partial charge on any atom is 2.00 e. The van der Waals surface area contributed by atoms with Gasteiger partial charge < -0.3 is 15.4 Å². The van der Waals surface area contributed by atoms with Crippen LogP contribution in [0.15, 0.2) is 315 Å². The molecule has 8 bridgehead atoms. The van der Waals surface area contributed by atoms with E-state index in [0.29, 0.717) is 0 Å². The van der Waals surface area contributed by atoms with Crippen LogP contribution in [0.4, 0.5) is 0 Å². The van der Waals surface area contributed by atoms with Gasteiger partial charge in [0.05, 0.1) is 55.1 Å². The predicted molar refractivity (Wildman–Crippen MR) is 498 cm³/mol. The maximum atomic E-state index is 6.30. The molecular weight excluding hydrogens is 1490 g/mol. The summed E-state index contributed by atoms with van der Waals surface area (Å²) in [5.74, 6) is 0. The molecule has 17 rings (SSSR count). The summed E-state index contributed by atoms with van der Waals surface area (Å²) in [5.41, 5.74) is 32.3. The first-order valence-electron chi connectivity index (χ1n) is 39.3. The molecule has 12 aromatic carbocycles. The van der Waals surface area contributed by atoms with Crippen LogP contribution in [0.1, 0.15) is 22.8 Å². The summed E-state index contributed by atoms with van der Waals surface area (Å²) in [4.78, 5) is 25.2. The molecule has 114 heavy (non-hydrogen) atoms. The van der Waals surface area contributed by atoms with Crippen LogP contribution in [0, 0.1) is 0 Å². The van der Waals surface area contributed by atoms with E-state index < -0.39 is 32.3 Å². The quantitative estimate of drug-likeness (QED) is 0.0902. The first kappa shape index (κ1) is 77.9. The SMILES string of the molecule is C[Si](C)(C)c1cc(-c2ccccc2)c(-c2c3nc(c(-c4c(-c5ccccc5)cc([Si](C)(C)C)cc4-c4ccccc4)c4ccc([n-]4)c(-c4c(-c5ccccc5)cc([Si](C)(C)C)cc4-c4ccccc4)c4nc(c(-c5c(-c6ccccc6)cc([Si](C)(C)C)cc5-c5ccccc5)c5ccc2[n-]5)C=C4)C=C3)c(-c2ccccc2)c1.O.[Fe+2]. The molecule has 0 spiro atoms. The van der Waals surface area contributed by atoms with Crippen LogP contribution in [0.2, 0.25) is 78.6 Å². The van der Waals surface area contributed by atoms with Crippen molar-refractivity contribution in [1.29, 1.82) is 0 Å². The third-order valence-electron chi connectivity index (χ3n) is 22.3. The van der Waals surface area contributed by atoms with Crippen molar-refractivity contribution in [2.45, 2.75) is 78.6 Å². The van der Waals surface area contributed by atoms with E-state index in [1.165, 1.54) is 20.7 Å². The summed E-state index contributed by atoms with van der Waals surface area (Å²) in [6, 6.07) is 117. The van der Waals surface area contributed by atoms with Crippen molar-refractivity contribution in [2.75, 3.05) is 0 Å². The van der Waals surface area contributed by atoms with Gasteiger partial charge in [0.1, 0.15) is 0 Å². The van der Waals surface area contributed by atoms with Gasteiger partial charge in [-0.1, -0.05) is 415 Å². The van der Waals surface area contributed by atoms with Gasteiger partial charge in [-0.05, 0) is 158 Å². The van der Waals surface area contributed by atoms with Gasteiger partial charge in [-0.2, -0.15) is 0 Å². The third kappa shape index (κ3) is 15.2. The molecule has 560 valence electrons. The summed E-state index contributed by atoms with van der Waals surface area (Å²) in [5, 5.41) is 5.44. The van der Waals surface area contributed by atoms with Crippen LogP contribution in [0.25, 0.3) is 180 Å². The molecule has 0 fully saturated rings. The fourth-order valence-electron chi connectivity index (χ4n) is 16.3. The minimum Gasteiger partial charge on any atom is -0.657 e. The van der Waals surface area contributed by atoms with E-state index in [9.17, 15) is 0 Å². The molecule has 15 aromatic rings. The number of hydrogen-bond donors (Lipinski definition) is 0. The molecule has 0 amide bonds. The van der Waals surface area contributed by atoms with Crippen LogP contribution >= 0.6 is 0 Å². The molecule has 0 aliphatic carbocycles. The average molecular weight is 1580 g/mol. The fraction of sp³-hybridized carbons (Fsp3) is 0.115. The topological polar surface area (TPSA) is 85.5 Å². The van der Waals surface area contributed by atoms with E-state index in [-0.39, 0.29) is 22.5 Å². The Hall–Kier alpha value is -11.4. The number of benzene rings is 12. The Morgan fingerprint density at radius 1 is 0.193 bits per heavy atom. The zero-order chi connectivity index (χ0) is 77.2. The molecular formula is C104H94FeN4OSi4. The van der Waals surface area contributed by atoms with Crippen molar-refractivity contribution < 1.29 is 22.5 Å². The molecule has 2 aliphatic heterocycles. The Bertz CT molecular complexity index is 5340. The smallest absolute Gasteiger partial charge is 0.657 e. The normalized spacial score (nSPS) is 12.2. The Balaban J connectivity index is 0.00000512. The summed E-state index contributed by atoms with van der Waals surface area (Å²) in [6.07, 6.45) is 9.11. The summed E-state index contributed by atoms with van der Waals surface area (Å²) in [7, 11) is -8.15. The number of nitrogens with zero attached hydrogens (tertiary/aromatic N) is 4. The van der Waals surface area contributed by atoms with Gasteiger partial charge in [0.25, 0.3) is 0 Å². The first-order valence-corrected chi connectivity index (χ1v) is 53.3. The molecule has 2 N–H and O–H groups in total. The molecule has 2 aliphatic rings. The molecule has 0 saturated carbocycles. The first-order chi connectivity index (χ1) is 54.1. The number of rotatable bonds is 16. The second-order valence-electron chi connectivity index (χ2n) is 34.1. The van der Waals surface area contributed by atoms with Gasteiger partial charge in [0, 0.05) is 0 Å². The van der Waals surface area contributed by atoms with Gasteiger partial charge in [-0.25, -0.2) is 9.97 Å². The molecule has 0 saturated heterocycles. The average Bonchev–Trinajstić information content (AvgIpc) is 1.67. The van der Waals surface area contributed by atoms with E-state index in [1.54, 1.807) is 0 Å². The van der Waals surface area contributed by atoms with Crippen LogP contribution in [0.3, 0.4) is 0 Å². The third-order valence-corrected chi connectivity index (χ3v) is 30.4. The van der Waals surface area contributed by atoms with Crippen molar-refractivity contribution in [3.8, 4) is 134 Å². The molecule has 10 heteroatoms. The Kier molecular flexibility index (Phi) is 21.5. The molecule has 0 radical (unpaired) electrons. The monoisotopic (exact) mass is 1580 g/mol. The maximum absolute atomic E-state index is 6.30. The van der Waals surface area contributed by atoms with Gasteiger partial charge in [-0.15, -0.1) is 22.1 Å². The molecule has 3 aromatic heterocycles. The Labute approximate surface area is 686 Å². The Morgan fingerprint density at radius 3 is 0.465 bits per heavy atom. The van der Waals surface area contributed by atoms with Gasteiger partial charge >= 0.3 is 17.1 Å². The minimum atomic E-state index is -2.04. The van der Waals surface area contributed by atoms with Crippen molar-refractivity contribution in [1.82, 2.24) is 19.9 Å². The van der Waals surface area contributed by atoms with Crippen LogP contribution in [0.5, 0.6) is 0 Å². The van der Waals surface area contributed by atoms with Crippen molar-refractivity contribution in [3.05, 3.63) is 338 Å². The van der Waals surface area contributed by atoms with E-state index in [2.05, 4.69) is 418 Å². The van der Waals surface area contributed by atoms with Crippen LogP contribution < -0.4 is 30.7 Å². The fourth-order valence-corrected chi connectivity index (χ4v) is 20.9. The molecule has 0 atom stereocenters. The molecule has 5 nitrogen and oxygen atoms in total. The molecule has 5 heterocycles. The van der Waals surface area contributed by atoms with Gasteiger partial charge in [0.15, 0.2) is 0 Å². The summed E-state index contributed by atoms with van der Waals surface area (Å²) < 4.78 is 0. The second kappa shape index (κ2) is 31.5. The second-order valence-corrected chi connectivity index (χ2v) is 54.4. The van der Waals surface area contributed by atoms with Crippen molar-refractivity contribution >= 4 is 99.4 Å². The van der Waals surface area contributed by atoms with E-state index in [1.807, 2.05) is 0 Å². The van der Waals surface area contributed by atoms with Crippen molar-refractivity contribution in [3.63, 3.8) is 0 Å². The van der Waals surface area contributed by atoms with Crippen LogP contribution in [-0.4, -0.2) is 47.7 Å². The zero-order valence-electron chi connectivity index (χ0n) is 67.0. The minimum absolute atomic E-state index is 0. The van der Waals surface area contributed by atoms with Crippen LogP contribution in [-0.2, 0) is 17.1 Å². The number of fused-ring (bicyclic) bond motifs is 8. The van der Waals surface area contributed by atoms with E-state index >= 15 is 0 Å². The van der Waals surface area contributed by atoms with E-state index in [4.69, 9.17) is 19.9 Å². The standard InChI is InChI=1S/C104H92N4Si4.Fe.H2O/c1-109(2,3)77-61-81(69-37-21-13-22-38-69)97(82(62-77)70-39-23-14-24-40-70)101-89-53-55-91(105-89)102(98-83(71-41-25-15-26-42-71)63-78(110(4,5)6)64-84(98)72-43-27-16-28-44-72)93-57-59-95(107-93)104(100-87(75-49-33-19-34-50-75)67-80(112(10,11)12)68-88(100)76-51-35-20-36-52-76)96-60-58-94(108-96)103(92-56-54-90(101)106-92)99-85(73-45-29-17-30-46-73)65-79(111(7,8)9)66-86(99)74-47-31-18-32-48-74;;/h13-68H,1-12H3;;1H2/q-2;+2;. The summed E-state index contributed by atoms with van der Waals surface area (Å²) in [6.45, 7) is 29.6. The largest absolute Gasteiger partial charge is 2.00 e. The van der Waals surface area contributed by atoms with Gasteiger partial charge in [0.2, 0.25) is 0 Å². The number of hydrogen-bond acceptors (Lipinski definition) is 2.